The lowest BCUT2D eigenvalue weighted by atomic mass is 10.1. The van der Waals surface area contributed by atoms with Crippen LogP contribution in [0, 0.1) is 0 Å². The van der Waals surface area contributed by atoms with Gasteiger partial charge in [-0.15, -0.1) is 11.8 Å². The van der Waals surface area contributed by atoms with Crippen LogP contribution in [0.1, 0.15) is 30.1 Å². The molecule has 7 heteroatoms. The van der Waals surface area contributed by atoms with E-state index in [9.17, 15) is 9.59 Å². The third-order valence-corrected chi connectivity index (χ3v) is 6.75. The first-order valence-corrected chi connectivity index (χ1v) is 11.1. The lowest BCUT2D eigenvalue weighted by Gasteiger charge is -2.22. The fourth-order valence-corrected chi connectivity index (χ4v) is 5.07. The van der Waals surface area contributed by atoms with Crippen molar-refractivity contribution < 1.29 is 19.1 Å². The zero-order valence-electron chi connectivity index (χ0n) is 17.0. The van der Waals surface area contributed by atoms with Gasteiger partial charge in [-0.05, 0) is 42.7 Å². The maximum absolute atomic E-state index is 13.2. The number of para-hydroxylation sites is 1. The fraction of sp³-hybridized carbons (Fsp3) is 0.391. The summed E-state index contributed by atoms with van der Waals surface area (Å²) >= 11 is 1.66. The first-order chi connectivity index (χ1) is 14.6. The molecular formula is C23H26N2O4S. The van der Waals surface area contributed by atoms with Crippen LogP contribution < -0.4 is 15.0 Å². The minimum atomic E-state index is -0.165. The SMILES string of the molecule is COc1ccc([C@@H]2CC(=O)N(CC(=O)NC[C@@H]3CCCO3)c3ccccc3S2)cc1. The normalized spacial score (nSPS) is 21.1. The molecule has 0 aliphatic carbocycles. The Labute approximate surface area is 180 Å². The fourth-order valence-electron chi connectivity index (χ4n) is 3.79. The highest BCUT2D eigenvalue weighted by molar-refractivity contribution is 7.99. The maximum atomic E-state index is 13.2. The molecule has 1 fully saturated rings. The van der Waals surface area contributed by atoms with Gasteiger partial charge >= 0.3 is 0 Å². The lowest BCUT2D eigenvalue weighted by Crippen LogP contribution is -2.42. The van der Waals surface area contributed by atoms with E-state index in [0.717, 1.165) is 41.3 Å². The van der Waals surface area contributed by atoms with Crippen LogP contribution in [0.15, 0.2) is 53.4 Å². The van der Waals surface area contributed by atoms with Gasteiger partial charge in [0.15, 0.2) is 0 Å². The molecule has 0 spiro atoms. The Hall–Kier alpha value is -2.51. The molecule has 2 aromatic rings. The predicted molar refractivity (Wildman–Crippen MR) is 117 cm³/mol. The van der Waals surface area contributed by atoms with Gasteiger partial charge in [0.05, 0.1) is 18.9 Å². The van der Waals surface area contributed by atoms with Crippen molar-refractivity contribution >= 4 is 29.3 Å². The van der Waals surface area contributed by atoms with Crippen LogP contribution in [0.4, 0.5) is 5.69 Å². The number of carbonyl (C=O) groups excluding carboxylic acids is 2. The number of thioether (sulfide) groups is 1. The molecule has 0 saturated carbocycles. The predicted octanol–water partition coefficient (Wildman–Crippen LogP) is 3.56. The Morgan fingerprint density at radius 3 is 2.77 bits per heavy atom. The average Bonchev–Trinajstić information content (AvgIpc) is 3.25. The van der Waals surface area contributed by atoms with Crippen LogP contribution in [-0.4, -0.2) is 44.7 Å². The number of carbonyl (C=O) groups is 2. The molecule has 30 heavy (non-hydrogen) atoms. The molecule has 2 heterocycles. The van der Waals surface area contributed by atoms with Crippen LogP contribution in [0.5, 0.6) is 5.75 Å². The number of fused-ring (bicyclic) bond motifs is 1. The maximum Gasteiger partial charge on any atom is 0.240 e. The van der Waals surface area contributed by atoms with Crippen molar-refractivity contribution in [3.63, 3.8) is 0 Å². The first-order valence-electron chi connectivity index (χ1n) is 10.2. The van der Waals surface area contributed by atoms with Crippen molar-refractivity contribution in [3.8, 4) is 5.75 Å². The van der Waals surface area contributed by atoms with E-state index in [1.54, 1.807) is 23.8 Å². The van der Waals surface area contributed by atoms with Crippen LogP contribution in [0.2, 0.25) is 0 Å². The second-order valence-corrected chi connectivity index (χ2v) is 8.72. The molecule has 1 saturated heterocycles. The van der Waals surface area contributed by atoms with E-state index >= 15 is 0 Å². The number of methoxy groups -OCH3 is 1. The summed E-state index contributed by atoms with van der Waals surface area (Å²) in [4.78, 5) is 28.3. The molecule has 0 unspecified atom stereocenters. The van der Waals surface area contributed by atoms with Crippen LogP contribution in [-0.2, 0) is 14.3 Å². The molecular weight excluding hydrogens is 400 g/mol. The third kappa shape index (κ3) is 4.79. The highest BCUT2D eigenvalue weighted by Crippen LogP contribution is 2.45. The number of ether oxygens (including phenoxy) is 2. The highest BCUT2D eigenvalue weighted by atomic mass is 32.2. The van der Waals surface area contributed by atoms with Gasteiger partial charge in [0.2, 0.25) is 11.8 Å². The Balaban J connectivity index is 1.50. The molecule has 4 rings (SSSR count). The van der Waals surface area contributed by atoms with Crippen molar-refractivity contribution in [2.24, 2.45) is 0 Å². The summed E-state index contributed by atoms with van der Waals surface area (Å²) in [6.45, 7) is 1.26. The van der Waals surface area contributed by atoms with Gasteiger partial charge in [-0.3, -0.25) is 9.59 Å². The molecule has 2 aliphatic rings. The molecule has 6 nitrogen and oxygen atoms in total. The van der Waals surface area contributed by atoms with E-state index in [-0.39, 0.29) is 29.7 Å². The smallest absolute Gasteiger partial charge is 0.240 e. The standard InChI is InChI=1S/C23H26N2O4S/c1-28-17-10-8-16(9-11-17)21-13-23(27)25(19-6-2-3-7-20(19)30-21)15-22(26)24-14-18-5-4-12-29-18/h2-3,6-11,18,21H,4-5,12-15H2,1H3,(H,24,26)/t18-,21-/m0/s1. The zero-order chi connectivity index (χ0) is 20.9. The van der Waals surface area contributed by atoms with Gasteiger partial charge in [0.1, 0.15) is 12.3 Å². The van der Waals surface area contributed by atoms with Gasteiger partial charge < -0.3 is 19.7 Å². The van der Waals surface area contributed by atoms with Gasteiger partial charge in [-0.25, -0.2) is 0 Å². The summed E-state index contributed by atoms with van der Waals surface area (Å²) in [6, 6.07) is 15.6. The van der Waals surface area contributed by atoms with Crippen LogP contribution >= 0.6 is 11.8 Å². The largest absolute Gasteiger partial charge is 0.497 e. The lowest BCUT2D eigenvalue weighted by molar-refractivity contribution is -0.124. The summed E-state index contributed by atoms with van der Waals surface area (Å²) in [7, 11) is 1.64. The topological polar surface area (TPSA) is 67.9 Å². The molecule has 2 atom stereocenters. The number of hydrogen-bond acceptors (Lipinski definition) is 5. The van der Waals surface area contributed by atoms with E-state index in [1.165, 1.54) is 0 Å². The number of anilines is 1. The van der Waals surface area contributed by atoms with E-state index < -0.39 is 0 Å². The van der Waals surface area contributed by atoms with E-state index in [2.05, 4.69) is 5.32 Å². The van der Waals surface area contributed by atoms with E-state index in [1.807, 2.05) is 48.5 Å². The van der Waals surface area contributed by atoms with Crippen LogP contribution in [0.25, 0.3) is 0 Å². The minimum absolute atomic E-state index is 0.0124. The van der Waals surface area contributed by atoms with Gasteiger partial charge in [0.25, 0.3) is 0 Å². The number of amides is 2. The summed E-state index contributed by atoms with van der Waals surface area (Å²) in [6.07, 6.45) is 2.40. The molecule has 1 N–H and O–H groups in total. The molecule has 2 aromatic carbocycles. The Morgan fingerprint density at radius 1 is 1.23 bits per heavy atom. The number of nitrogens with one attached hydrogen (secondary N) is 1. The average molecular weight is 427 g/mol. The Bertz CT molecular complexity index is 896. The molecule has 2 amide bonds. The third-order valence-electron chi connectivity index (χ3n) is 5.43. The molecule has 0 radical (unpaired) electrons. The Kier molecular flexibility index (Phi) is 6.59. The molecule has 0 bridgehead atoms. The van der Waals surface area contributed by atoms with Crippen molar-refractivity contribution in [2.45, 2.75) is 35.5 Å². The summed E-state index contributed by atoms with van der Waals surface area (Å²) in [5.41, 5.74) is 1.85. The number of hydrogen-bond donors (Lipinski definition) is 1. The highest BCUT2D eigenvalue weighted by Gasteiger charge is 2.30. The zero-order valence-corrected chi connectivity index (χ0v) is 17.8. The van der Waals surface area contributed by atoms with Crippen molar-refractivity contribution in [2.75, 3.05) is 31.7 Å². The Morgan fingerprint density at radius 2 is 2.03 bits per heavy atom. The molecule has 158 valence electrons. The van der Waals surface area contributed by atoms with Crippen molar-refractivity contribution in [1.29, 1.82) is 0 Å². The summed E-state index contributed by atoms with van der Waals surface area (Å²) < 4.78 is 10.8. The molecule has 2 aliphatic heterocycles. The minimum Gasteiger partial charge on any atom is -0.497 e. The van der Waals surface area contributed by atoms with E-state index in [0.29, 0.717) is 13.0 Å². The quantitative estimate of drug-likeness (QED) is 0.765. The first kappa shape index (κ1) is 20.8. The second kappa shape index (κ2) is 9.53. The number of rotatable bonds is 6. The van der Waals surface area contributed by atoms with Gasteiger partial charge in [-0.2, -0.15) is 0 Å². The van der Waals surface area contributed by atoms with Gasteiger partial charge in [0, 0.05) is 29.7 Å². The monoisotopic (exact) mass is 426 g/mol. The number of nitrogens with zero attached hydrogens (tertiary/aromatic N) is 1. The number of benzene rings is 2. The second-order valence-electron chi connectivity index (χ2n) is 7.47. The van der Waals surface area contributed by atoms with Gasteiger partial charge in [-0.1, -0.05) is 24.3 Å². The molecule has 0 aromatic heterocycles. The van der Waals surface area contributed by atoms with Crippen LogP contribution in [0.3, 0.4) is 0 Å². The van der Waals surface area contributed by atoms with Crippen molar-refractivity contribution in [1.82, 2.24) is 5.32 Å². The summed E-state index contributed by atoms with van der Waals surface area (Å²) in [5, 5.41) is 2.90. The van der Waals surface area contributed by atoms with Crippen molar-refractivity contribution in [3.05, 3.63) is 54.1 Å². The van der Waals surface area contributed by atoms with E-state index in [4.69, 9.17) is 9.47 Å². The summed E-state index contributed by atoms with van der Waals surface area (Å²) in [5.74, 6) is 0.565.